The molecule has 3 aromatic rings. The summed E-state index contributed by atoms with van der Waals surface area (Å²) in [6.45, 7) is 2.14. The fraction of sp³-hybridized carbons (Fsp3) is 0.333. The predicted molar refractivity (Wildman–Crippen MR) is 119 cm³/mol. The molecule has 1 saturated carbocycles. The third kappa shape index (κ3) is 4.50. The van der Waals surface area contributed by atoms with E-state index in [9.17, 15) is 19.7 Å². The SMILES string of the molecule is Cc1ccc2cc(CN(C(=O)c3cccc([N+](=O)[O-])c3)C3CCCCC3)c(=O)[nH]c2c1. The van der Waals surface area contributed by atoms with Gasteiger partial charge in [0.05, 0.1) is 11.5 Å². The number of benzene rings is 2. The molecule has 0 radical (unpaired) electrons. The number of fused-ring (bicyclic) bond motifs is 1. The van der Waals surface area contributed by atoms with Crippen molar-refractivity contribution in [1.82, 2.24) is 9.88 Å². The highest BCUT2D eigenvalue weighted by atomic mass is 16.6. The zero-order valence-corrected chi connectivity index (χ0v) is 17.5. The van der Waals surface area contributed by atoms with Gasteiger partial charge in [0.25, 0.3) is 17.2 Å². The average molecular weight is 419 g/mol. The number of nitrogens with one attached hydrogen (secondary N) is 1. The number of amides is 1. The highest BCUT2D eigenvalue weighted by molar-refractivity contribution is 5.95. The highest BCUT2D eigenvalue weighted by Crippen LogP contribution is 2.26. The summed E-state index contributed by atoms with van der Waals surface area (Å²) in [4.78, 5) is 41.5. The van der Waals surface area contributed by atoms with Gasteiger partial charge in [-0.1, -0.05) is 37.5 Å². The number of aromatic amines is 1. The van der Waals surface area contributed by atoms with Gasteiger partial charge in [0.15, 0.2) is 0 Å². The third-order valence-electron chi connectivity index (χ3n) is 6.00. The second-order valence-electron chi connectivity index (χ2n) is 8.25. The van der Waals surface area contributed by atoms with E-state index in [1.807, 2.05) is 31.2 Å². The number of carbonyl (C=O) groups excluding carboxylic acids is 1. The van der Waals surface area contributed by atoms with E-state index in [-0.39, 0.29) is 35.3 Å². The molecule has 1 fully saturated rings. The van der Waals surface area contributed by atoms with Gasteiger partial charge in [-0.2, -0.15) is 0 Å². The molecule has 1 N–H and O–H groups in total. The zero-order valence-electron chi connectivity index (χ0n) is 17.5. The van der Waals surface area contributed by atoms with Crippen LogP contribution in [0, 0.1) is 17.0 Å². The molecule has 0 spiro atoms. The van der Waals surface area contributed by atoms with Crippen LogP contribution in [0.15, 0.2) is 53.3 Å². The normalized spacial score (nSPS) is 14.5. The van der Waals surface area contributed by atoms with Crippen molar-refractivity contribution in [3.8, 4) is 0 Å². The maximum Gasteiger partial charge on any atom is 0.270 e. The first-order chi connectivity index (χ1) is 14.9. The number of nitro benzene ring substituents is 1. The maximum atomic E-state index is 13.4. The number of H-pyrrole nitrogens is 1. The number of aryl methyl sites for hydroxylation is 1. The van der Waals surface area contributed by atoms with Crippen LogP contribution in [-0.4, -0.2) is 26.8 Å². The summed E-state index contributed by atoms with van der Waals surface area (Å²) in [7, 11) is 0. The number of aromatic nitrogens is 1. The molecule has 1 aliphatic rings. The number of hydrogen-bond donors (Lipinski definition) is 1. The second kappa shape index (κ2) is 8.71. The summed E-state index contributed by atoms with van der Waals surface area (Å²) in [6, 6.07) is 13.5. The van der Waals surface area contributed by atoms with E-state index in [1.54, 1.807) is 11.0 Å². The lowest BCUT2D eigenvalue weighted by Crippen LogP contribution is -2.42. The van der Waals surface area contributed by atoms with Crippen LogP contribution in [-0.2, 0) is 6.54 Å². The molecule has 31 heavy (non-hydrogen) atoms. The van der Waals surface area contributed by atoms with Gasteiger partial charge in [-0.05, 0) is 48.9 Å². The number of rotatable bonds is 5. The third-order valence-corrected chi connectivity index (χ3v) is 6.00. The fourth-order valence-electron chi connectivity index (χ4n) is 4.34. The van der Waals surface area contributed by atoms with Crippen molar-refractivity contribution in [2.24, 2.45) is 0 Å². The molecular weight excluding hydrogens is 394 g/mol. The number of carbonyl (C=O) groups is 1. The van der Waals surface area contributed by atoms with Gasteiger partial charge in [0.1, 0.15) is 0 Å². The maximum absolute atomic E-state index is 13.4. The largest absolute Gasteiger partial charge is 0.331 e. The van der Waals surface area contributed by atoms with Crippen molar-refractivity contribution in [2.75, 3.05) is 0 Å². The van der Waals surface area contributed by atoms with E-state index in [4.69, 9.17) is 0 Å². The molecule has 4 rings (SSSR count). The lowest BCUT2D eigenvalue weighted by atomic mass is 9.93. The van der Waals surface area contributed by atoms with Crippen molar-refractivity contribution < 1.29 is 9.72 Å². The summed E-state index contributed by atoms with van der Waals surface area (Å²) in [5.74, 6) is -0.279. The summed E-state index contributed by atoms with van der Waals surface area (Å²) >= 11 is 0. The summed E-state index contributed by atoms with van der Waals surface area (Å²) < 4.78 is 0. The molecule has 7 nitrogen and oxygen atoms in total. The number of hydrogen-bond acceptors (Lipinski definition) is 4. The Labute approximate surface area is 179 Å². The van der Waals surface area contributed by atoms with Crippen molar-refractivity contribution in [3.05, 3.63) is 85.7 Å². The number of pyridine rings is 1. The number of nitrogens with zero attached hydrogens (tertiary/aromatic N) is 2. The Balaban J connectivity index is 1.71. The Kier molecular flexibility index (Phi) is 5.84. The van der Waals surface area contributed by atoms with Gasteiger partial charge in [-0.15, -0.1) is 0 Å². The lowest BCUT2D eigenvalue weighted by molar-refractivity contribution is -0.384. The highest BCUT2D eigenvalue weighted by Gasteiger charge is 2.28. The molecule has 7 heteroatoms. The standard InChI is InChI=1S/C24H25N3O4/c1-16-10-11-17-13-19(23(28)25-22(17)12-16)15-26(20-7-3-2-4-8-20)24(29)18-6-5-9-21(14-18)27(30)31/h5-6,9-14,20H,2-4,7-8,15H2,1H3,(H,25,28). The number of nitro groups is 1. The Bertz CT molecular complexity index is 1190. The smallest absolute Gasteiger partial charge is 0.270 e. The Hall–Kier alpha value is -3.48. The molecular formula is C24H25N3O4. The molecule has 1 aromatic heterocycles. The van der Waals surface area contributed by atoms with Gasteiger partial charge in [0, 0.05) is 34.8 Å². The molecule has 0 atom stereocenters. The summed E-state index contributed by atoms with van der Waals surface area (Å²) in [5, 5.41) is 12.1. The molecule has 0 unspecified atom stereocenters. The van der Waals surface area contributed by atoms with Crippen LogP contribution in [0.2, 0.25) is 0 Å². The molecule has 0 saturated heterocycles. The molecule has 2 aromatic carbocycles. The molecule has 1 heterocycles. The quantitative estimate of drug-likeness (QED) is 0.478. The van der Waals surface area contributed by atoms with E-state index in [2.05, 4.69) is 4.98 Å². The Morgan fingerprint density at radius 2 is 1.90 bits per heavy atom. The van der Waals surface area contributed by atoms with Crippen molar-refractivity contribution in [1.29, 1.82) is 0 Å². The monoisotopic (exact) mass is 419 g/mol. The Morgan fingerprint density at radius 3 is 2.65 bits per heavy atom. The van der Waals surface area contributed by atoms with Gasteiger partial charge >= 0.3 is 0 Å². The molecule has 1 amide bonds. The van der Waals surface area contributed by atoms with Gasteiger partial charge in [0.2, 0.25) is 0 Å². The van der Waals surface area contributed by atoms with E-state index >= 15 is 0 Å². The van der Waals surface area contributed by atoms with Crippen molar-refractivity contribution in [2.45, 2.75) is 51.6 Å². The van der Waals surface area contributed by atoms with E-state index in [0.29, 0.717) is 5.56 Å². The second-order valence-corrected chi connectivity index (χ2v) is 8.25. The molecule has 1 aliphatic carbocycles. The Morgan fingerprint density at radius 1 is 1.13 bits per heavy atom. The average Bonchev–Trinajstić information content (AvgIpc) is 2.78. The van der Waals surface area contributed by atoms with Gasteiger partial charge in [-0.25, -0.2) is 0 Å². The van der Waals surface area contributed by atoms with Crippen LogP contribution in [0.5, 0.6) is 0 Å². The van der Waals surface area contributed by atoms with Gasteiger partial charge < -0.3 is 9.88 Å². The van der Waals surface area contributed by atoms with Crippen LogP contribution in [0.3, 0.4) is 0 Å². The zero-order chi connectivity index (χ0) is 22.0. The van der Waals surface area contributed by atoms with E-state index < -0.39 is 4.92 Å². The minimum atomic E-state index is -0.502. The van der Waals surface area contributed by atoms with Crippen LogP contribution < -0.4 is 5.56 Å². The first kappa shape index (κ1) is 20.8. The molecule has 160 valence electrons. The molecule has 0 bridgehead atoms. The molecule has 0 aliphatic heterocycles. The fourth-order valence-corrected chi connectivity index (χ4v) is 4.34. The first-order valence-corrected chi connectivity index (χ1v) is 10.6. The predicted octanol–water partition coefficient (Wildman–Crippen LogP) is 4.72. The van der Waals surface area contributed by atoms with E-state index in [1.165, 1.54) is 18.2 Å². The lowest BCUT2D eigenvalue weighted by Gasteiger charge is -2.34. The van der Waals surface area contributed by atoms with Crippen molar-refractivity contribution >= 4 is 22.5 Å². The van der Waals surface area contributed by atoms with Crippen LogP contribution >= 0.6 is 0 Å². The van der Waals surface area contributed by atoms with Crippen LogP contribution in [0.1, 0.15) is 53.6 Å². The summed E-state index contributed by atoms with van der Waals surface area (Å²) in [5.41, 5.74) is 2.27. The minimum absolute atomic E-state index is 0.00799. The minimum Gasteiger partial charge on any atom is -0.331 e. The summed E-state index contributed by atoms with van der Waals surface area (Å²) in [6.07, 6.45) is 4.91. The van der Waals surface area contributed by atoms with E-state index in [0.717, 1.165) is 48.6 Å². The van der Waals surface area contributed by atoms with Crippen molar-refractivity contribution in [3.63, 3.8) is 0 Å². The van der Waals surface area contributed by atoms with Crippen LogP contribution in [0.4, 0.5) is 5.69 Å². The topological polar surface area (TPSA) is 96.3 Å². The first-order valence-electron chi connectivity index (χ1n) is 10.6. The van der Waals surface area contributed by atoms with Crippen LogP contribution in [0.25, 0.3) is 10.9 Å². The van der Waals surface area contributed by atoms with Gasteiger partial charge in [-0.3, -0.25) is 19.7 Å². The number of non-ortho nitro benzene ring substituents is 1.